The van der Waals surface area contributed by atoms with Crippen LogP contribution >= 0.6 is 24.0 Å². The van der Waals surface area contributed by atoms with Crippen LogP contribution in [0, 0.1) is 0 Å². The van der Waals surface area contributed by atoms with Gasteiger partial charge in [0, 0.05) is 17.7 Å². The monoisotopic (exact) mass is 228 g/mol. The summed E-state index contributed by atoms with van der Waals surface area (Å²) in [4.78, 5) is 4.31. The third-order valence-electron chi connectivity index (χ3n) is 1.58. The maximum atomic E-state index is 9.30. The summed E-state index contributed by atoms with van der Waals surface area (Å²) in [6.45, 7) is 0. The molecule has 0 amide bonds. The van der Waals surface area contributed by atoms with E-state index in [2.05, 4.69) is 17.2 Å². The van der Waals surface area contributed by atoms with Crippen LogP contribution in [0.2, 0.25) is 0 Å². The van der Waals surface area contributed by atoms with Gasteiger partial charge < -0.3 is 10.8 Å². The lowest BCUT2D eigenvalue weighted by atomic mass is 10.4. The summed E-state index contributed by atoms with van der Waals surface area (Å²) in [5.74, 6) is 1.28. The molecule has 0 radical (unpaired) electrons. The highest BCUT2D eigenvalue weighted by Crippen LogP contribution is 2.10. The van der Waals surface area contributed by atoms with E-state index in [0.29, 0.717) is 5.75 Å². The van der Waals surface area contributed by atoms with Crippen LogP contribution in [0.5, 0.6) is 0 Å². The minimum atomic E-state index is -0.696. The lowest BCUT2D eigenvalue weighted by Gasteiger charge is -2.07. The van der Waals surface area contributed by atoms with Crippen molar-refractivity contribution >= 4 is 29.0 Å². The van der Waals surface area contributed by atoms with Crippen LogP contribution in [0.3, 0.4) is 0 Å². The summed E-state index contributed by atoms with van der Waals surface area (Å²) in [7, 11) is 0. The van der Waals surface area contributed by atoms with Gasteiger partial charge in [0.05, 0.1) is 5.69 Å². The Labute approximate surface area is 92.7 Å². The van der Waals surface area contributed by atoms with Crippen LogP contribution in [0.25, 0.3) is 0 Å². The van der Waals surface area contributed by atoms with Gasteiger partial charge in [-0.1, -0.05) is 18.3 Å². The molecule has 3 N–H and O–H groups in total. The fourth-order valence-electron chi connectivity index (χ4n) is 0.841. The van der Waals surface area contributed by atoms with Crippen molar-refractivity contribution in [2.45, 2.75) is 11.9 Å². The Kier molecular flexibility index (Phi) is 4.86. The maximum Gasteiger partial charge on any atom is 0.113 e. The van der Waals surface area contributed by atoms with Crippen molar-refractivity contribution in [3.63, 3.8) is 0 Å². The smallest absolute Gasteiger partial charge is 0.113 e. The molecule has 1 aromatic heterocycles. The molecule has 0 aliphatic carbocycles. The molecule has 1 rings (SSSR count). The predicted octanol–water partition coefficient (Wildman–Crippen LogP) is 0.962. The van der Waals surface area contributed by atoms with Crippen molar-refractivity contribution in [2.75, 3.05) is 5.75 Å². The average molecular weight is 228 g/mol. The Balaban J connectivity index is 2.26. The van der Waals surface area contributed by atoms with Crippen LogP contribution in [0.15, 0.2) is 24.4 Å². The van der Waals surface area contributed by atoms with Crippen molar-refractivity contribution in [1.82, 2.24) is 4.98 Å². The Hall–Kier alpha value is -0.650. The molecule has 0 aliphatic heterocycles. The number of aliphatic hydroxyl groups is 1. The molecule has 0 fully saturated rings. The van der Waals surface area contributed by atoms with Gasteiger partial charge in [0.25, 0.3) is 0 Å². The predicted molar refractivity (Wildman–Crippen MR) is 63.2 cm³/mol. The number of rotatable bonds is 5. The second-order valence-electron chi connectivity index (χ2n) is 2.75. The van der Waals surface area contributed by atoms with Crippen LogP contribution in [0.1, 0.15) is 5.69 Å². The summed E-state index contributed by atoms with van der Waals surface area (Å²) >= 11 is 6.21. The van der Waals surface area contributed by atoms with Gasteiger partial charge >= 0.3 is 0 Å². The van der Waals surface area contributed by atoms with E-state index in [1.807, 2.05) is 18.2 Å². The first-order valence-electron chi connectivity index (χ1n) is 4.15. The number of thioether (sulfide) groups is 1. The van der Waals surface area contributed by atoms with E-state index >= 15 is 0 Å². The molecule has 1 atom stereocenters. The number of aromatic nitrogens is 1. The molecule has 0 saturated heterocycles. The summed E-state index contributed by atoms with van der Waals surface area (Å²) in [6.07, 6.45) is 1.05. The van der Waals surface area contributed by atoms with Gasteiger partial charge in [0.15, 0.2) is 0 Å². The number of hydrogen-bond acceptors (Lipinski definition) is 4. The number of nitrogens with two attached hydrogens (primary N) is 1. The van der Waals surface area contributed by atoms with Gasteiger partial charge in [-0.2, -0.15) is 11.8 Å². The fourth-order valence-corrected chi connectivity index (χ4v) is 1.93. The van der Waals surface area contributed by atoms with Crippen molar-refractivity contribution < 1.29 is 5.11 Å². The summed E-state index contributed by atoms with van der Waals surface area (Å²) < 4.78 is 0. The first-order chi connectivity index (χ1) is 6.70. The van der Waals surface area contributed by atoms with Gasteiger partial charge in [0.2, 0.25) is 0 Å². The lowest BCUT2D eigenvalue weighted by molar-refractivity contribution is 0.268. The highest BCUT2D eigenvalue weighted by molar-refractivity contribution is 7.98. The van der Waals surface area contributed by atoms with E-state index in [0.717, 1.165) is 11.4 Å². The second kappa shape index (κ2) is 5.95. The molecular formula is C9H12N2OS2. The molecule has 0 spiro atoms. The van der Waals surface area contributed by atoms with Crippen LogP contribution in [0.4, 0.5) is 0 Å². The van der Waals surface area contributed by atoms with Gasteiger partial charge in [-0.25, -0.2) is 0 Å². The first kappa shape index (κ1) is 11.4. The van der Waals surface area contributed by atoms with E-state index in [1.165, 1.54) is 0 Å². The fraction of sp³-hybridized carbons (Fsp3) is 0.333. The minimum absolute atomic E-state index is 0.151. The third-order valence-corrected chi connectivity index (χ3v) is 2.90. The van der Waals surface area contributed by atoms with Gasteiger partial charge in [0.1, 0.15) is 11.1 Å². The van der Waals surface area contributed by atoms with Gasteiger partial charge in [-0.05, 0) is 12.1 Å². The molecule has 0 aliphatic rings. The number of nitrogens with zero attached hydrogens (tertiary/aromatic N) is 1. The number of thiocarbonyl (C=S) groups is 1. The second-order valence-corrected chi connectivity index (χ2v) is 4.26. The van der Waals surface area contributed by atoms with E-state index in [1.54, 1.807) is 18.0 Å². The molecule has 5 heteroatoms. The van der Waals surface area contributed by atoms with Crippen molar-refractivity contribution in [1.29, 1.82) is 0 Å². The van der Waals surface area contributed by atoms with Crippen LogP contribution < -0.4 is 5.73 Å². The SMILES string of the molecule is NC(=S)C(O)CSCc1ccccn1. The third kappa shape index (κ3) is 4.04. The van der Waals surface area contributed by atoms with E-state index in [4.69, 9.17) is 5.73 Å². The summed E-state index contributed by atoms with van der Waals surface area (Å²) in [6, 6.07) is 5.76. The van der Waals surface area contributed by atoms with Crippen molar-refractivity contribution in [3.8, 4) is 0 Å². The maximum absolute atomic E-state index is 9.30. The Morgan fingerprint density at radius 3 is 3.00 bits per heavy atom. The molecule has 1 aromatic rings. The number of hydrogen-bond donors (Lipinski definition) is 2. The molecule has 0 bridgehead atoms. The zero-order valence-electron chi connectivity index (χ0n) is 7.59. The highest BCUT2D eigenvalue weighted by Gasteiger charge is 2.06. The van der Waals surface area contributed by atoms with Crippen molar-refractivity contribution in [3.05, 3.63) is 30.1 Å². The molecule has 76 valence electrons. The molecular weight excluding hydrogens is 216 g/mol. The minimum Gasteiger partial charge on any atom is -0.391 e. The number of aliphatic hydroxyl groups excluding tert-OH is 1. The Morgan fingerprint density at radius 2 is 2.43 bits per heavy atom. The van der Waals surface area contributed by atoms with Crippen LogP contribution in [-0.4, -0.2) is 26.9 Å². The normalized spacial score (nSPS) is 12.4. The largest absolute Gasteiger partial charge is 0.391 e. The molecule has 3 nitrogen and oxygen atoms in total. The van der Waals surface area contributed by atoms with Crippen molar-refractivity contribution in [2.24, 2.45) is 5.73 Å². The molecule has 1 unspecified atom stereocenters. The van der Waals surface area contributed by atoms with E-state index in [-0.39, 0.29) is 4.99 Å². The zero-order valence-corrected chi connectivity index (χ0v) is 9.22. The molecule has 0 saturated carbocycles. The first-order valence-corrected chi connectivity index (χ1v) is 5.71. The van der Waals surface area contributed by atoms with E-state index in [9.17, 15) is 5.11 Å². The summed E-state index contributed by atoms with van der Waals surface area (Å²) in [5.41, 5.74) is 6.26. The Bertz CT molecular complexity index is 292. The summed E-state index contributed by atoms with van der Waals surface area (Å²) in [5, 5.41) is 9.30. The topological polar surface area (TPSA) is 59.1 Å². The average Bonchev–Trinajstić information content (AvgIpc) is 2.19. The Morgan fingerprint density at radius 1 is 1.64 bits per heavy atom. The highest BCUT2D eigenvalue weighted by atomic mass is 32.2. The number of pyridine rings is 1. The standard InChI is InChI=1S/C9H12N2OS2/c10-9(13)8(12)6-14-5-7-3-1-2-4-11-7/h1-4,8,12H,5-6H2,(H2,10,13). The quantitative estimate of drug-likeness (QED) is 0.735. The molecule has 14 heavy (non-hydrogen) atoms. The van der Waals surface area contributed by atoms with Crippen LogP contribution in [-0.2, 0) is 5.75 Å². The van der Waals surface area contributed by atoms with E-state index < -0.39 is 6.10 Å². The molecule has 1 heterocycles. The lowest BCUT2D eigenvalue weighted by Crippen LogP contribution is -2.28. The van der Waals surface area contributed by atoms with Gasteiger partial charge in [-0.15, -0.1) is 0 Å². The molecule has 0 aromatic carbocycles. The van der Waals surface area contributed by atoms with Gasteiger partial charge in [-0.3, -0.25) is 4.98 Å². The zero-order chi connectivity index (χ0) is 10.4.